The van der Waals surface area contributed by atoms with Gasteiger partial charge in [0.1, 0.15) is 0 Å². The molecular weight excluding hydrogens is 430 g/mol. The van der Waals surface area contributed by atoms with E-state index in [4.69, 9.17) is 28.1 Å². The van der Waals surface area contributed by atoms with Gasteiger partial charge in [-0.05, 0) is 107 Å². The molecule has 4 heterocycles. The first-order valence-corrected chi connectivity index (χ1v) is 12.7. The third-order valence-electron chi connectivity index (χ3n) is 7.96. The van der Waals surface area contributed by atoms with Crippen molar-refractivity contribution in [1.29, 1.82) is 0 Å². The fourth-order valence-corrected chi connectivity index (χ4v) is 4.34. The van der Waals surface area contributed by atoms with Gasteiger partial charge in [-0.3, -0.25) is 0 Å². The highest BCUT2D eigenvalue weighted by molar-refractivity contribution is 6.55. The summed E-state index contributed by atoms with van der Waals surface area (Å²) in [5.41, 5.74) is 1.04. The average Bonchev–Trinajstić information content (AvgIpc) is 3.00. The molecule has 2 fully saturated rings. The van der Waals surface area contributed by atoms with Crippen LogP contribution in [0.1, 0.15) is 95.9 Å². The summed E-state index contributed by atoms with van der Waals surface area (Å²) in [5, 5.41) is 0. The monoisotopic (exact) mass is 476 g/mol. The van der Waals surface area contributed by atoms with E-state index in [1.165, 1.54) is 10.9 Å². The lowest BCUT2D eigenvalue weighted by atomic mass is 9.72. The van der Waals surface area contributed by atoms with Gasteiger partial charge in [-0.1, -0.05) is 12.2 Å². The molecule has 0 bridgehead atoms. The van der Waals surface area contributed by atoms with Crippen LogP contribution in [0, 0.1) is 0 Å². The zero-order valence-corrected chi connectivity index (χ0v) is 23.6. The lowest BCUT2D eigenvalue weighted by Crippen LogP contribution is -2.41. The maximum atomic E-state index is 6.05. The molecule has 0 aromatic carbocycles. The van der Waals surface area contributed by atoms with Gasteiger partial charge in [-0.2, -0.15) is 0 Å². The molecule has 0 radical (unpaired) electrons. The van der Waals surface area contributed by atoms with E-state index < -0.39 is 0 Å². The highest BCUT2D eigenvalue weighted by Crippen LogP contribution is 2.41. The Labute approximate surface area is 208 Å². The van der Waals surface area contributed by atoms with Crippen molar-refractivity contribution in [2.24, 2.45) is 0 Å². The molecule has 4 aliphatic heterocycles. The average molecular weight is 476 g/mol. The number of hydrogen-bond acceptors (Lipinski definition) is 6. The normalized spacial score (nSPS) is 30.2. The molecule has 34 heavy (non-hydrogen) atoms. The smallest absolute Gasteiger partial charge is 0.400 e. The number of ether oxygens (including phenoxy) is 2. The number of hydrogen-bond donors (Lipinski definition) is 0. The van der Waals surface area contributed by atoms with E-state index >= 15 is 0 Å². The van der Waals surface area contributed by atoms with Crippen molar-refractivity contribution in [2.75, 3.05) is 13.2 Å². The zero-order chi connectivity index (χ0) is 25.8. The first-order chi connectivity index (χ1) is 15.3. The fraction of sp³-hybridized carbons (Fsp3) is 0.846. The van der Waals surface area contributed by atoms with Crippen LogP contribution in [-0.4, -0.2) is 61.1 Å². The maximum Gasteiger partial charge on any atom is 0.490 e. The Morgan fingerprint density at radius 2 is 1.06 bits per heavy atom. The molecule has 0 spiro atoms. The molecule has 0 amide bonds. The summed E-state index contributed by atoms with van der Waals surface area (Å²) in [4.78, 5) is 0. The second-order valence-electron chi connectivity index (χ2n) is 13.1. The van der Waals surface area contributed by atoms with Gasteiger partial charge >= 0.3 is 14.2 Å². The van der Waals surface area contributed by atoms with Gasteiger partial charge in [0, 0.05) is 0 Å². The van der Waals surface area contributed by atoms with Crippen molar-refractivity contribution in [3.63, 3.8) is 0 Å². The van der Waals surface area contributed by atoms with Crippen LogP contribution >= 0.6 is 0 Å². The van der Waals surface area contributed by atoms with E-state index in [0.29, 0.717) is 6.61 Å². The van der Waals surface area contributed by atoms with Crippen molar-refractivity contribution in [3.8, 4) is 0 Å². The lowest BCUT2D eigenvalue weighted by Gasteiger charge is -2.32. The fourth-order valence-electron chi connectivity index (χ4n) is 4.34. The standard InChI is InChI=1S/2C13H23BO3/c2*1-11(2)9-10(7-8-15-11)14-16-12(3,4)13(5,6)17-14/h9H,7-8H2,1-6H3;7H,8-9H2,1-6H3. The second-order valence-corrected chi connectivity index (χ2v) is 13.1. The van der Waals surface area contributed by atoms with Crippen LogP contribution in [0.5, 0.6) is 0 Å². The van der Waals surface area contributed by atoms with Crippen LogP contribution in [0.2, 0.25) is 0 Å². The Kier molecular flexibility index (Phi) is 7.43. The van der Waals surface area contributed by atoms with Crippen LogP contribution in [-0.2, 0) is 28.1 Å². The molecule has 192 valence electrons. The molecule has 4 aliphatic rings. The SMILES string of the molecule is CC1(C)C=C(B2OC(C)(C)C(C)(C)O2)CCO1.CC1(C)CC(B2OC(C)(C)C(C)(C)O2)=CCO1. The van der Waals surface area contributed by atoms with Crippen molar-refractivity contribution >= 4 is 14.2 Å². The summed E-state index contributed by atoms with van der Waals surface area (Å²) in [6.45, 7) is 26.4. The Balaban J connectivity index is 0.000000191. The Morgan fingerprint density at radius 1 is 0.618 bits per heavy atom. The molecule has 0 aromatic heterocycles. The summed E-state index contributed by atoms with van der Waals surface area (Å²) >= 11 is 0. The van der Waals surface area contributed by atoms with Crippen molar-refractivity contribution < 1.29 is 28.1 Å². The predicted octanol–water partition coefficient (Wildman–Crippen LogP) is 5.49. The molecular formula is C26H46B2O6. The van der Waals surface area contributed by atoms with Crippen LogP contribution < -0.4 is 0 Å². The lowest BCUT2D eigenvalue weighted by molar-refractivity contribution is -0.00867. The summed E-state index contributed by atoms with van der Waals surface area (Å²) in [6, 6.07) is 0. The molecule has 0 unspecified atom stereocenters. The molecule has 0 aliphatic carbocycles. The first-order valence-electron chi connectivity index (χ1n) is 12.7. The minimum atomic E-state index is -0.263. The minimum absolute atomic E-state index is 0.117. The minimum Gasteiger partial charge on any atom is -0.400 e. The Hall–Kier alpha value is -0.630. The highest BCUT2D eigenvalue weighted by Gasteiger charge is 2.54. The second kappa shape index (κ2) is 9.04. The van der Waals surface area contributed by atoms with Gasteiger partial charge < -0.3 is 28.1 Å². The summed E-state index contributed by atoms with van der Waals surface area (Å²) in [7, 11) is -0.439. The van der Waals surface area contributed by atoms with Crippen LogP contribution in [0.3, 0.4) is 0 Å². The van der Waals surface area contributed by atoms with Crippen molar-refractivity contribution in [1.82, 2.24) is 0 Å². The van der Waals surface area contributed by atoms with Gasteiger partial charge in [0.15, 0.2) is 0 Å². The molecule has 0 atom stereocenters. The molecule has 8 heteroatoms. The third-order valence-corrected chi connectivity index (χ3v) is 7.96. The van der Waals surface area contributed by atoms with E-state index in [1.807, 2.05) is 0 Å². The van der Waals surface area contributed by atoms with E-state index in [9.17, 15) is 0 Å². The summed E-state index contributed by atoms with van der Waals surface area (Å²) < 4.78 is 35.5. The third kappa shape index (κ3) is 6.01. The number of rotatable bonds is 2. The van der Waals surface area contributed by atoms with Crippen molar-refractivity contribution in [2.45, 2.75) is 130 Å². The molecule has 0 saturated carbocycles. The largest absolute Gasteiger partial charge is 0.490 e. The topological polar surface area (TPSA) is 55.4 Å². The van der Waals surface area contributed by atoms with Gasteiger partial charge in [-0.25, -0.2) is 0 Å². The molecule has 0 N–H and O–H groups in total. The van der Waals surface area contributed by atoms with Gasteiger partial charge in [-0.15, -0.1) is 0 Å². The summed E-state index contributed by atoms with van der Waals surface area (Å²) in [5.74, 6) is 0. The van der Waals surface area contributed by atoms with E-state index in [0.717, 1.165) is 19.4 Å². The Morgan fingerprint density at radius 3 is 1.47 bits per heavy atom. The first kappa shape index (κ1) is 27.9. The van der Waals surface area contributed by atoms with Gasteiger partial charge in [0.25, 0.3) is 0 Å². The van der Waals surface area contributed by atoms with Crippen LogP contribution in [0.25, 0.3) is 0 Å². The molecule has 0 aromatic rings. The van der Waals surface area contributed by atoms with E-state index in [-0.39, 0.29) is 47.8 Å². The molecule has 2 saturated heterocycles. The summed E-state index contributed by atoms with van der Waals surface area (Å²) in [6.07, 6.45) is 5.98. The van der Waals surface area contributed by atoms with Gasteiger partial charge in [0.05, 0.1) is 46.8 Å². The Bertz CT molecular complexity index is 793. The molecule has 4 rings (SSSR count). The van der Waals surface area contributed by atoms with Crippen LogP contribution in [0.15, 0.2) is 23.1 Å². The maximum absolute atomic E-state index is 6.05. The molecule has 6 nitrogen and oxygen atoms in total. The van der Waals surface area contributed by atoms with Gasteiger partial charge in [0.2, 0.25) is 0 Å². The van der Waals surface area contributed by atoms with Crippen molar-refractivity contribution in [3.05, 3.63) is 23.1 Å². The van der Waals surface area contributed by atoms with E-state index in [2.05, 4.69) is 95.2 Å². The predicted molar refractivity (Wildman–Crippen MR) is 138 cm³/mol. The van der Waals surface area contributed by atoms with Crippen LogP contribution in [0.4, 0.5) is 0 Å². The highest BCUT2D eigenvalue weighted by atomic mass is 16.7. The zero-order valence-electron chi connectivity index (χ0n) is 23.6. The van der Waals surface area contributed by atoms with E-state index in [1.54, 1.807) is 0 Å². The quantitative estimate of drug-likeness (QED) is 0.492.